The molecule has 0 fully saturated rings. The number of rotatable bonds is 4. The van der Waals surface area contributed by atoms with Crippen LogP contribution in [0.5, 0.6) is 0 Å². The van der Waals surface area contributed by atoms with Crippen molar-refractivity contribution in [1.29, 1.82) is 0 Å². The number of aromatic amines is 1. The second kappa shape index (κ2) is 7.81. The van der Waals surface area contributed by atoms with Crippen LogP contribution in [0.25, 0.3) is 33.7 Å². The van der Waals surface area contributed by atoms with Gasteiger partial charge in [-0.05, 0) is 42.5 Å². The maximum absolute atomic E-state index is 13.3. The fraction of sp³-hybridized carbons (Fsp3) is 0.0417. The van der Waals surface area contributed by atoms with Crippen LogP contribution in [0.4, 0.5) is 24.5 Å². The number of hydrogen-bond acceptors (Lipinski definition) is 4. The molecule has 2 aromatic heterocycles. The van der Waals surface area contributed by atoms with Crippen LogP contribution in [0.15, 0.2) is 85.1 Å². The van der Waals surface area contributed by atoms with Crippen LogP contribution in [0, 0.1) is 0 Å². The Morgan fingerprint density at radius 3 is 2.38 bits per heavy atom. The van der Waals surface area contributed by atoms with Crippen molar-refractivity contribution in [3.8, 4) is 22.6 Å². The van der Waals surface area contributed by atoms with Gasteiger partial charge in [-0.3, -0.25) is 0 Å². The summed E-state index contributed by atoms with van der Waals surface area (Å²) in [5.41, 5.74) is 3.64. The van der Waals surface area contributed by atoms with Crippen molar-refractivity contribution < 1.29 is 13.2 Å². The highest BCUT2D eigenvalue weighted by Crippen LogP contribution is 2.35. The summed E-state index contributed by atoms with van der Waals surface area (Å²) < 4.78 is 39.8. The number of nitrogens with one attached hydrogen (secondary N) is 2. The summed E-state index contributed by atoms with van der Waals surface area (Å²) >= 11 is 0. The molecule has 32 heavy (non-hydrogen) atoms. The van der Waals surface area contributed by atoms with Gasteiger partial charge in [0.2, 0.25) is 0 Å². The van der Waals surface area contributed by atoms with Crippen molar-refractivity contribution in [1.82, 2.24) is 20.2 Å². The molecular formula is C24H16F3N5. The normalized spacial score (nSPS) is 11.6. The molecule has 158 valence electrons. The van der Waals surface area contributed by atoms with E-state index >= 15 is 0 Å². The molecule has 5 rings (SSSR count). The zero-order valence-corrected chi connectivity index (χ0v) is 16.6. The van der Waals surface area contributed by atoms with Crippen LogP contribution < -0.4 is 5.32 Å². The molecule has 3 aromatic carbocycles. The van der Waals surface area contributed by atoms with Gasteiger partial charge in [0, 0.05) is 22.5 Å². The van der Waals surface area contributed by atoms with Crippen molar-refractivity contribution in [3.63, 3.8) is 0 Å². The van der Waals surface area contributed by atoms with Gasteiger partial charge in [0.15, 0.2) is 0 Å². The lowest BCUT2D eigenvalue weighted by Gasteiger charge is -2.12. The van der Waals surface area contributed by atoms with Crippen molar-refractivity contribution in [2.24, 2.45) is 0 Å². The third-order valence-electron chi connectivity index (χ3n) is 5.00. The van der Waals surface area contributed by atoms with Gasteiger partial charge in [-0.15, -0.1) is 5.10 Å². The lowest BCUT2D eigenvalue weighted by molar-refractivity contribution is -0.137. The summed E-state index contributed by atoms with van der Waals surface area (Å²) in [6.07, 6.45) is -3.46. The number of fused-ring (bicyclic) bond motifs is 1. The Morgan fingerprint density at radius 1 is 0.781 bits per heavy atom. The number of aromatic nitrogens is 4. The van der Waals surface area contributed by atoms with Gasteiger partial charge >= 0.3 is 6.18 Å². The average molecular weight is 431 g/mol. The van der Waals surface area contributed by atoms with Gasteiger partial charge in [0.05, 0.1) is 22.8 Å². The van der Waals surface area contributed by atoms with E-state index in [1.807, 2.05) is 48.5 Å². The Morgan fingerprint density at radius 2 is 1.59 bits per heavy atom. The van der Waals surface area contributed by atoms with Crippen LogP contribution in [-0.4, -0.2) is 20.2 Å². The summed E-state index contributed by atoms with van der Waals surface area (Å²) in [6.45, 7) is 0. The van der Waals surface area contributed by atoms with Crippen LogP contribution >= 0.6 is 0 Å². The number of hydrogen-bond donors (Lipinski definition) is 2. The fourth-order valence-electron chi connectivity index (χ4n) is 3.49. The zero-order chi connectivity index (χ0) is 22.1. The molecule has 0 spiro atoms. The van der Waals surface area contributed by atoms with E-state index in [-0.39, 0.29) is 5.69 Å². The van der Waals surface area contributed by atoms with Crippen LogP contribution in [0.2, 0.25) is 0 Å². The molecule has 0 aliphatic carbocycles. The molecule has 0 atom stereocenters. The minimum atomic E-state index is -4.50. The SMILES string of the molecule is FC(F)(F)c1ccnnc1-c1ccc(Nc2cccc(-c3nc4ccccc4[nH]3)c2)cc1. The number of benzene rings is 3. The van der Waals surface area contributed by atoms with Gasteiger partial charge in [-0.2, -0.15) is 18.3 Å². The molecule has 5 nitrogen and oxygen atoms in total. The smallest absolute Gasteiger partial charge is 0.356 e. The average Bonchev–Trinajstić information content (AvgIpc) is 3.24. The standard InChI is InChI=1S/C24H16F3N5/c25-24(26,27)19-12-13-28-32-22(19)15-8-10-17(11-9-15)29-18-5-3-4-16(14-18)23-30-20-6-1-2-7-21(20)31-23/h1-14,29H,(H,30,31). The first kappa shape index (κ1) is 19.7. The number of alkyl halides is 3. The largest absolute Gasteiger partial charge is 0.418 e. The minimum absolute atomic E-state index is 0.196. The number of anilines is 2. The van der Waals surface area contributed by atoms with Gasteiger partial charge in [0.25, 0.3) is 0 Å². The summed E-state index contributed by atoms with van der Waals surface area (Å²) in [5.74, 6) is 0.757. The third kappa shape index (κ3) is 3.90. The molecule has 0 radical (unpaired) electrons. The lowest BCUT2D eigenvalue weighted by atomic mass is 10.1. The highest BCUT2D eigenvalue weighted by atomic mass is 19.4. The number of H-pyrrole nitrogens is 1. The van der Waals surface area contributed by atoms with Crippen molar-refractivity contribution in [3.05, 3.63) is 90.6 Å². The highest BCUT2D eigenvalue weighted by molar-refractivity contribution is 5.80. The summed E-state index contributed by atoms with van der Waals surface area (Å²) in [6, 6.07) is 23.0. The molecule has 0 saturated heterocycles. The second-order valence-electron chi connectivity index (χ2n) is 7.18. The maximum atomic E-state index is 13.3. The topological polar surface area (TPSA) is 66.5 Å². The van der Waals surface area contributed by atoms with E-state index in [2.05, 4.69) is 25.5 Å². The van der Waals surface area contributed by atoms with Crippen molar-refractivity contribution in [2.45, 2.75) is 6.18 Å². The molecule has 5 aromatic rings. The van der Waals surface area contributed by atoms with Gasteiger partial charge in [-0.1, -0.05) is 36.4 Å². The first-order valence-corrected chi connectivity index (χ1v) is 9.79. The predicted octanol–water partition coefficient (Wildman–Crippen LogP) is 6.45. The van der Waals surface area contributed by atoms with E-state index in [0.29, 0.717) is 5.56 Å². The number of imidazole rings is 1. The van der Waals surface area contributed by atoms with Gasteiger partial charge in [-0.25, -0.2) is 4.98 Å². The van der Waals surface area contributed by atoms with E-state index in [0.717, 1.165) is 46.1 Å². The Labute approximate surface area is 181 Å². The van der Waals surface area contributed by atoms with Crippen molar-refractivity contribution >= 4 is 22.4 Å². The van der Waals surface area contributed by atoms with Gasteiger partial charge < -0.3 is 10.3 Å². The van der Waals surface area contributed by atoms with E-state index in [1.54, 1.807) is 24.3 Å². The molecule has 2 heterocycles. The maximum Gasteiger partial charge on any atom is 0.418 e. The Balaban J connectivity index is 1.39. The second-order valence-corrected chi connectivity index (χ2v) is 7.18. The van der Waals surface area contributed by atoms with E-state index in [4.69, 9.17) is 0 Å². The number of halogens is 3. The predicted molar refractivity (Wildman–Crippen MR) is 117 cm³/mol. The van der Waals surface area contributed by atoms with Gasteiger partial charge in [0.1, 0.15) is 11.5 Å². The van der Waals surface area contributed by atoms with Crippen LogP contribution in [0.1, 0.15) is 5.56 Å². The van der Waals surface area contributed by atoms with E-state index < -0.39 is 11.7 Å². The first-order valence-electron chi connectivity index (χ1n) is 9.79. The minimum Gasteiger partial charge on any atom is -0.356 e. The third-order valence-corrected chi connectivity index (χ3v) is 5.00. The molecule has 8 heteroatoms. The molecule has 2 N–H and O–H groups in total. The quantitative estimate of drug-likeness (QED) is 0.343. The molecule has 0 bridgehead atoms. The molecule has 0 saturated carbocycles. The number of nitrogens with zero attached hydrogens (tertiary/aromatic N) is 3. The molecular weight excluding hydrogens is 415 g/mol. The Kier molecular flexibility index (Phi) is 4.82. The Bertz CT molecular complexity index is 1360. The monoisotopic (exact) mass is 431 g/mol. The van der Waals surface area contributed by atoms with Crippen LogP contribution in [0.3, 0.4) is 0 Å². The Hall–Kier alpha value is -4.20. The summed E-state index contributed by atoms with van der Waals surface area (Å²) in [7, 11) is 0. The van der Waals surface area contributed by atoms with Crippen LogP contribution in [-0.2, 0) is 6.18 Å². The molecule has 0 aliphatic heterocycles. The zero-order valence-electron chi connectivity index (χ0n) is 16.6. The summed E-state index contributed by atoms with van der Waals surface area (Å²) in [4.78, 5) is 7.92. The van der Waals surface area contributed by atoms with E-state index in [1.165, 1.54) is 0 Å². The lowest BCUT2D eigenvalue weighted by Crippen LogP contribution is -2.09. The van der Waals surface area contributed by atoms with E-state index in [9.17, 15) is 13.2 Å². The van der Waals surface area contributed by atoms with Crippen molar-refractivity contribution in [2.75, 3.05) is 5.32 Å². The highest BCUT2D eigenvalue weighted by Gasteiger charge is 2.34. The summed E-state index contributed by atoms with van der Waals surface area (Å²) in [5, 5.41) is 10.6. The number of para-hydroxylation sites is 2. The molecule has 0 aliphatic rings. The molecule has 0 amide bonds. The molecule has 0 unspecified atom stereocenters. The fourth-order valence-corrected chi connectivity index (χ4v) is 3.49. The first-order chi connectivity index (χ1) is 15.5.